The molecule has 1 amide bonds. The zero-order valence-electron chi connectivity index (χ0n) is 10.7. The molecule has 1 atom stereocenters. The quantitative estimate of drug-likeness (QED) is 0.639. The number of phenolic OH excluding ortho intramolecular Hbond substituents is 2. The van der Waals surface area contributed by atoms with E-state index in [1.807, 2.05) is 18.2 Å². The van der Waals surface area contributed by atoms with E-state index < -0.39 is 5.41 Å². The average molecular weight is 348 g/mol. The minimum absolute atomic E-state index is 0.132. The number of nitrogens with one attached hydrogen (secondary N) is 1. The van der Waals surface area contributed by atoms with E-state index in [0.29, 0.717) is 11.3 Å². The molecule has 106 valence electrons. The third kappa shape index (κ3) is 1.43. The lowest BCUT2D eigenvalue weighted by atomic mass is 9.77. The minimum Gasteiger partial charge on any atom is -0.504 e. The molecule has 5 nitrogen and oxygen atoms in total. The average Bonchev–Trinajstić information content (AvgIpc) is 2.93. The van der Waals surface area contributed by atoms with Gasteiger partial charge in [0, 0.05) is 27.4 Å². The molecule has 2 aliphatic rings. The number of hydrogen-bond acceptors (Lipinski definition) is 4. The van der Waals surface area contributed by atoms with Crippen LogP contribution in [0.2, 0.25) is 0 Å². The zero-order valence-corrected chi connectivity index (χ0v) is 12.3. The second-order valence-electron chi connectivity index (χ2n) is 5.15. The molecule has 0 saturated carbocycles. The topological polar surface area (TPSA) is 78.8 Å². The summed E-state index contributed by atoms with van der Waals surface area (Å²) in [6.45, 7) is 0.132. The molecule has 0 aliphatic carbocycles. The first kappa shape index (κ1) is 12.5. The normalized spacial score (nSPS) is 21.9. The molecular weight excluding hydrogens is 338 g/mol. The molecule has 2 aliphatic heterocycles. The van der Waals surface area contributed by atoms with E-state index >= 15 is 0 Å². The summed E-state index contributed by atoms with van der Waals surface area (Å²) in [5.74, 6) is -0.333. The van der Waals surface area contributed by atoms with Crippen molar-refractivity contribution >= 4 is 27.5 Å². The van der Waals surface area contributed by atoms with Gasteiger partial charge in [0.1, 0.15) is 17.8 Å². The van der Waals surface area contributed by atoms with Crippen molar-refractivity contribution in [2.45, 2.75) is 5.41 Å². The van der Waals surface area contributed by atoms with Gasteiger partial charge in [-0.2, -0.15) is 0 Å². The summed E-state index contributed by atoms with van der Waals surface area (Å²) in [5, 5.41) is 22.2. The maximum absolute atomic E-state index is 12.6. The smallest absolute Gasteiger partial charge is 0.243 e. The first-order valence-electron chi connectivity index (χ1n) is 6.34. The molecule has 6 heteroatoms. The van der Waals surface area contributed by atoms with Gasteiger partial charge in [-0.25, -0.2) is 0 Å². The number of anilines is 1. The van der Waals surface area contributed by atoms with E-state index in [9.17, 15) is 15.0 Å². The Labute approximate surface area is 128 Å². The molecule has 0 radical (unpaired) electrons. The highest BCUT2D eigenvalue weighted by Crippen LogP contribution is 2.54. The number of benzene rings is 2. The van der Waals surface area contributed by atoms with Crippen molar-refractivity contribution in [2.24, 2.45) is 0 Å². The maximum Gasteiger partial charge on any atom is 0.243 e. The second kappa shape index (κ2) is 3.92. The first-order chi connectivity index (χ1) is 10.0. The second-order valence-corrected chi connectivity index (χ2v) is 6.00. The van der Waals surface area contributed by atoms with Gasteiger partial charge in [-0.15, -0.1) is 0 Å². The minimum atomic E-state index is -1.00. The van der Waals surface area contributed by atoms with Crippen LogP contribution in [0.4, 0.5) is 5.69 Å². The van der Waals surface area contributed by atoms with Crippen LogP contribution in [0.5, 0.6) is 17.2 Å². The standard InChI is InChI=1S/C15H10BrNO4/c16-8-2-1-3-9-13(8)15(14(20)17-9)6-21-12-5-11(19)10(18)4-7(12)15/h1-5,18-19H,6H2,(H,17,20). The number of ether oxygens (including phenoxy) is 1. The maximum atomic E-state index is 12.6. The van der Waals surface area contributed by atoms with Gasteiger partial charge < -0.3 is 20.3 Å². The molecule has 1 unspecified atom stereocenters. The molecule has 0 saturated heterocycles. The highest BCUT2D eigenvalue weighted by atomic mass is 79.9. The first-order valence-corrected chi connectivity index (χ1v) is 7.13. The van der Waals surface area contributed by atoms with E-state index in [0.717, 1.165) is 15.7 Å². The largest absolute Gasteiger partial charge is 0.504 e. The number of carbonyl (C=O) groups is 1. The Kier molecular flexibility index (Phi) is 2.34. The van der Waals surface area contributed by atoms with Crippen molar-refractivity contribution in [3.8, 4) is 17.2 Å². The molecule has 21 heavy (non-hydrogen) atoms. The van der Waals surface area contributed by atoms with Crippen LogP contribution in [-0.4, -0.2) is 22.7 Å². The number of hydrogen-bond donors (Lipinski definition) is 3. The van der Waals surface area contributed by atoms with E-state index in [4.69, 9.17) is 4.74 Å². The molecular formula is C15H10BrNO4. The van der Waals surface area contributed by atoms with Gasteiger partial charge in [0.05, 0.1) is 0 Å². The number of amides is 1. The number of rotatable bonds is 0. The lowest BCUT2D eigenvalue weighted by molar-refractivity contribution is -0.119. The van der Waals surface area contributed by atoms with Crippen LogP contribution in [0.15, 0.2) is 34.8 Å². The molecule has 2 aromatic carbocycles. The van der Waals surface area contributed by atoms with E-state index in [1.54, 1.807) is 0 Å². The summed E-state index contributed by atoms with van der Waals surface area (Å²) >= 11 is 3.49. The van der Waals surface area contributed by atoms with Crippen molar-refractivity contribution in [2.75, 3.05) is 11.9 Å². The van der Waals surface area contributed by atoms with Crippen LogP contribution in [0.1, 0.15) is 11.1 Å². The lowest BCUT2D eigenvalue weighted by Crippen LogP contribution is -2.37. The molecule has 0 fully saturated rings. The van der Waals surface area contributed by atoms with Gasteiger partial charge in [0.2, 0.25) is 5.91 Å². The Balaban J connectivity index is 2.05. The van der Waals surface area contributed by atoms with Crippen molar-refractivity contribution in [3.63, 3.8) is 0 Å². The van der Waals surface area contributed by atoms with Gasteiger partial charge in [0.15, 0.2) is 11.5 Å². The summed E-state index contributed by atoms with van der Waals surface area (Å²) < 4.78 is 6.40. The fourth-order valence-electron chi connectivity index (χ4n) is 3.07. The van der Waals surface area contributed by atoms with Crippen LogP contribution >= 0.6 is 15.9 Å². The third-order valence-electron chi connectivity index (χ3n) is 4.06. The summed E-state index contributed by atoms with van der Waals surface area (Å²) in [6.07, 6.45) is 0. The molecule has 2 heterocycles. The number of aromatic hydroxyl groups is 2. The summed E-state index contributed by atoms with van der Waals surface area (Å²) in [6, 6.07) is 8.25. The Hall–Kier alpha value is -2.21. The van der Waals surface area contributed by atoms with Crippen LogP contribution < -0.4 is 10.1 Å². The van der Waals surface area contributed by atoms with Crippen LogP contribution in [-0.2, 0) is 10.2 Å². The van der Waals surface area contributed by atoms with Crippen LogP contribution in [0.25, 0.3) is 0 Å². The number of phenols is 2. The Bertz CT molecular complexity index is 805. The Morgan fingerprint density at radius 2 is 2.00 bits per heavy atom. The predicted octanol–water partition coefficient (Wildman–Crippen LogP) is 2.49. The molecule has 3 N–H and O–H groups in total. The Morgan fingerprint density at radius 3 is 2.81 bits per heavy atom. The molecule has 2 aromatic rings. The lowest BCUT2D eigenvalue weighted by Gasteiger charge is -2.21. The Morgan fingerprint density at radius 1 is 1.24 bits per heavy atom. The third-order valence-corrected chi connectivity index (χ3v) is 4.72. The highest BCUT2D eigenvalue weighted by molar-refractivity contribution is 9.10. The number of fused-ring (bicyclic) bond motifs is 4. The summed E-state index contributed by atoms with van der Waals surface area (Å²) in [4.78, 5) is 12.6. The van der Waals surface area contributed by atoms with Crippen LogP contribution in [0.3, 0.4) is 0 Å². The van der Waals surface area contributed by atoms with Crippen molar-refractivity contribution in [3.05, 3.63) is 45.9 Å². The molecule has 1 spiro atoms. The summed E-state index contributed by atoms with van der Waals surface area (Å²) in [5.41, 5.74) is 1.06. The van der Waals surface area contributed by atoms with Gasteiger partial charge in [-0.3, -0.25) is 4.79 Å². The number of halogens is 1. The highest BCUT2D eigenvalue weighted by Gasteiger charge is 2.55. The molecule has 0 bridgehead atoms. The zero-order chi connectivity index (χ0) is 14.8. The molecule has 4 rings (SSSR count). The summed E-state index contributed by atoms with van der Waals surface area (Å²) in [7, 11) is 0. The van der Waals surface area contributed by atoms with Gasteiger partial charge >= 0.3 is 0 Å². The fraction of sp³-hybridized carbons (Fsp3) is 0.133. The SMILES string of the molecule is O=C1Nc2cccc(Br)c2C12COc1cc(O)c(O)cc12. The van der Waals surface area contributed by atoms with Crippen molar-refractivity contribution < 1.29 is 19.7 Å². The molecule has 0 aromatic heterocycles. The van der Waals surface area contributed by atoms with E-state index in [2.05, 4.69) is 21.2 Å². The van der Waals surface area contributed by atoms with Crippen molar-refractivity contribution in [1.29, 1.82) is 0 Å². The fourth-order valence-corrected chi connectivity index (χ4v) is 3.78. The van der Waals surface area contributed by atoms with Crippen molar-refractivity contribution in [1.82, 2.24) is 0 Å². The predicted molar refractivity (Wildman–Crippen MR) is 78.8 cm³/mol. The number of carbonyl (C=O) groups excluding carboxylic acids is 1. The monoisotopic (exact) mass is 347 g/mol. The van der Waals surface area contributed by atoms with Crippen LogP contribution in [0, 0.1) is 0 Å². The van der Waals surface area contributed by atoms with Gasteiger partial charge in [0.25, 0.3) is 0 Å². The van der Waals surface area contributed by atoms with Gasteiger partial charge in [-0.05, 0) is 18.2 Å². The van der Waals surface area contributed by atoms with E-state index in [-0.39, 0.29) is 24.0 Å². The van der Waals surface area contributed by atoms with Gasteiger partial charge in [-0.1, -0.05) is 22.0 Å². The van der Waals surface area contributed by atoms with E-state index in [1.165, 1.54) is 12.1 Å².